The summed E-state index contributed by atoms with van der Waals surface area (Å²) in [5.74, 6) is 1.04. The number of nitrogens with zero attached hydrogens (tertiary/aromatic N) is 4. The molecule has 2 fully saturated rings. The molecule has 4 heterocycles. The summed E-state index contributed by atoms with van der Waals surface area (Å²) in [7, 11) is 0. The quantitative estimate of drug-likeness (QED) is 0.615. The number of ether oxygens (including phenoxy) is 1. The molecule has 2 aliphatic heterocycles. The minimum absolute atomic E-state index is 0.0938. The van der Waals surface area contributed by atoms with E-state index < -0.39 is 0 Å². The molecule has 2 N–H and O–H groups in total. The highest BCUT2D eigenvalue weighted by atomic mass is 35.5. The zero-order chi connectivity index (χ0) is 20.9. The van der Waals surface area contributed by atoms with Gasteiger partial charge in [-0.3, -0.25) is 4.40 Å². The fourth-order valence-electron chi connectivity index (χ4n) is 4.51. The van der Waals surface area contributed by atoms with Crippen molar-refractivity contribution in [1.29, 1.82) is 0 Å². The summed E-state index contributed by atoms with van der Waals surface area (Å²) in [6.45, 7) is 4.68. The Bertz CT molecular complexity index is 1080. The number of fused-ring (bicyclic) bond motifs is 1. The van der Waals surface area contributed by atoms with E-state index in [4.69, 9.17) is 38.7 Å². The maximum Gasteiger partial charge on any atom is 0.171 e. The first-order valence-corrected chi connectivity index (χ1v) is 11.6. The lowest BCUT2D eigenvalue weighted by Gasteiger charge is -2.42. The Hall–Kier alpha value is -1.51. The summed E-state index contributed by atoms with van der Waals surface area (Å²) in [4.78, 5) is 12.5. The molecular weight excluding hydrogens is 441 g/mol. The van der Waals surface area contributed by atoms with Gasteiger partial charge in [0.2, 0.25) is 0 Å². The van der Waals surface area contributed by atoms with E-state index in [0.717, 1.165) is 53.9 Å². The van der Waals surface area contributed by atoms with Crippen molar-refractivity contribution in [3.63, 3.8) is 0 Å². The van der Waals surface area contributed by atoms with Crippen molar-refractivity contribution in [1.82, 2.24) is 14.4 Å². The van der Waals surface area contributed by atoms with Crippen LogP contribution < -0.4 is 10.6 Å². The van der Waals surface area contributed by atoms with E-state index in [1.807, 2.05) is 24.5 Å². The van der Waals surface area contributed by atoms with Crippen LogP contribution in [0.2, 0.25) is 10.0 Å². The number of halogens is 2. The van der Waals surface area contributed by atoms with Crippen molar-refractivity contribution in [3.8, 4) is 0 Å². The van der Waals surface area contributed by atoms with Crippen LogP contribution in [-0.2, 0) is 4.74 Å². The van der Waals surface area contributed by atoms with E-state index in [1.165, 1.54) is 11.8 Å². The van der Waals surface area contributed by atoms with E-state index in [9.17, 15) is 0 Å². The molecule has 2 unspecified atom stereocenters. The van der Waals surface area contributed by atoms with Gasteiger partial charge in [0.25, 0.3) is 0 Å². The molecule has 0 bridgehead atoms. The molecule has 9 heteroatoms. The number of anilines is 1. The maximum absolute atomic E-state index is 6.47. The van der Waals surface area contributed by atoms with E-state index in [-0.39, 0.29) is 17.6 Å². The summed E-state index contributed by atoms with van der Waals surface area (Å²) in [6, 6.07) is 5.70. The molecule has 30 heavy (non-hydrogen) atoms. The molecule has 0 saturated carbocycles. The zero-order valence-corrected chi connectivity index (χ0v) is 18.9. The Morgan fingerprint density at radius 2 is 2.03 bits per heavy atom. The molecule has 1 spiro atoms. The summed E-state index contributed by atoms with van der Waals surface area (Å²) in [6.07, 6.45) is 7.87. The third-order valence-electron chi connectivity index (χ3n) is 6.43. The van der Waals surface area contributed by atoms with Crippen LogP contribution in [0.3, 0.4) is 0 Å². The SMILES string of the molecule is CC1OCC2(CCN(c3cnc(Sc4cccc(Cl)c4Cl)c4nccn34)CC2)C1N. The van der Waals surface area contributed by atoms with Crippen LogP contribution in [0.25, 0.3) is 5.65 Å². The fourth-order valence-corrected chi connectivity index (χ4v) is 5.88. The lowest BCUT2D eigenvalue weighted by Crippen LogP contribution is -2.50. The van der Waals surface area contributed by atoms with Crippen LogP contribution in [0.5, 0.6) is 0 Å². The molecule has 0 aliphatic carbocycles. The van der Waals surface area contributed by atoms with Crippen molar-refractivity contribution < 1.29 is 4.74 Å². The molecule has 3 aromatic rings. The van der Waals surface area contributed by atoms with Crippen molar-refractivity contribution in [3.05, 3.63) is 46.8 Å². The number of piperidine rings is 1. The Morgan fingerprint density at radius 3 is 2.77 bits per heavy atom. The van der Waals surface area contributed by atoms with Gasteiger partial charge in [-0.2, -0.15) is 0 Å². The lowest BCUT2D eigenvalue weighted by molar-refractivity contribution is 0.0974. The second kappa shape index (κ2) is 7.88. The van der Waals surface area contributed by atoms with Gasteiger partial charge in [-0.15, -0.1) is 0 Å². The van der Waals surface area contributed by atoms with Gasteiger partial charge in [0.1, 0.15) is 10.8 Å². The molecule has 5 rings (SSSR count). The number of hydrogen-bond acceptors (Lipinski definition) is 6. The van der Waals surface area contributed by atoms with Crippen LogP contribution in [0.4, 0.5) is 5.82 Å². The lowest BCUT2D eigenvalue weighted by atomic mass is 9.73. The largest absolute Gasteiger partial charge is 0.376 e. The molecule has 2 atom stereocenters. The minimum atomic E-state index is 0.0938. The van der Waals surface area contributed by atoms with Crippen LogP contribution in [0.1, 0.15) is 19.8 Å². The van der Waals surface area contributed by atoms with E-state index in [0.29, 0.717) is 10.0 Å². The van der Waals surface area contributed by atoms with Gasteiger partial charge in [0.05, 0.1) is 29.0 Å². The standard InChI is InChI=1S/C21H23Cl2N5OS/c1-13-18(24)21(12-29-13)5-8-27(9-6-21)16-11-26-20(19-25-7-10-28(16)19)30-15-4-2-3-14(22)17(15)23/h2-4,7,10-11,13,18H,5-6,8-9,12,24H2,1H3. The van der Waals surface area contributed by atoms with Gasteiger partial charge in [-0.1, -0.05) is 41.0 Å². The van der Waals surface area contributed by atoms with Crippen LogP contribution in [0.15, 0.2) is 46.7 Å². The van der Waals surface area contributed by atoms with Gasteiger partial charge in [0, 0.05) is 41.8 Å². The Kier molecular flexibility index (Phi) is 5.35. The number of hydrogen-bond donors (Lipinski definition) is 1. The number of aromatic nitrogens is 3. The first-order valence-electron chi connectivity index (χ1n) is 10.0. The van der Waals surface area contributed by atoms with E-state index in [2.05, 4.69) is 21.2 Å². The van der Waals surface area contributed by atoms with Gasteiger partial charge in [0.15, 0.2) is 5.65 Å². The molecule has 2 saturated heterocycles. The monoisotopic (exact) mass is 463 g/mol. The molecule has 6 nitrogen and oxygen atoms in total. The highest BCUT2D eigenvalue weighted by Crippen LogP contribution is 2.42. The zero-order valence-electron chi connectivity index (χ0n) is 16.6. The Balaban J connectivity index is 1.40. The topological polar surface area (TPSA) is 68.7 Å². The average molecular weight is 464 g/mol. The molecule has 2 aliphatic rings. The second-order valence-electron chi connectivity index (χ2n) is 8.09. The third-order valence-corrected chi connectivity index (χ3v) is 8.40. The van der Waals surface area contributed by atoms with Gasteiger partial charge in [-0.25, -0.2) is 9.97 Å². The number of rotatable bonds is 3. The fraction of sp³-hybridized carbons (Fsp3) is 0.429. The summed E-state index contributed by atoms with van der Waals surface area (Å²) in [5, 5.41) is 1.86. The second-order valence-corrected chi connectivity index (χ2v) is 9.90. The normalized spacial score (nSPS) is 23.5. The summed E-state index contributed by atoms with van der Waals surface area (Å²) >= 11 is 14.0. The van der Waals surface area contributed by atoms with Crippen LogP contribution in [-0.4, -0.2) is 46.2 Å². The summed E-state index contributed by atoms with van der Waals surface area (Å²) in [5.41, 5.74) is 7.37. The molecule has 158 valence electrons. The average Bonchev–Trinajstić information content (AvgIpc) is 3.35. The van der Waals surface area contributed by atoms with Crippen LogP contribution in [0, 0.1) is 5.41 Å². The van der Waals surface area contributed by atoms with Crippen molar-refractivity contribution in [2.75, 3.05) is 24.6 Å². The molecule has 0 amide bonds. The first-order chi connectivity index (χ1) is 14.5. The highest BCUT2D eigenvalue weighted by molar-refractivity contribution is 7.99. The number of nitrogens with two attached hydrogens (primary N) is 1. The predicted octanol–water partition coefficient (Wildman–Crippen LogP) is 4.52. The molecule has 2 aromatic heterocycles. The van der Waals surface area contributed by atoms with Gasteiger partial charge < -0.3 is 15.4 Å². The molecule has 0 radical (unpaired) electrons. The first kappa shape index (κ1) is 20.4. The van der Waals surface area contributed by atoms with Crippen molar-refractivity contribution in [2.45, 2.75) is 41.8 Å². The highest BCUT2D eigenvalue weighted by Gasteiger charge is 2.47. The molecular formula is C21H23Cl2N5OS. The Labute approximate surface area is 189 Å². The number of imidazole rings is 1. The van der Waals surface area contributed by atoms with Crippen molar-refractivity contribution in [2.24, 2.45) is 11.1 Å². The maximum atomic E-state index is 6.47. The molecule has 1 aromatic carbocycles. The number of benzene rings is 1. The smallest absolute Gasteiger partial charge is 0.171 e. The van der Waals surface area contributed by atoms with Crippen molar-refractivity contribution >= 4 is 46.4 Å². The van der Waals surface area contributed by atoms with Crippen LogP contribution >= 0.6 is 35.0 Å². The van der Waals surface area contributed by atoms with Gasteiger partial charge >= 0.3 is 0 Å². The predicted molar refractivity (Wildman–Crippen MR) is 121 cm³/mol. The Morgan fingerprint density at radius 1 is 1.23 bits per heavy atom. The van der Waals surface area contributed by atoms with E-state index >= 15 is 0 Å². The minimum Gasteiger partial charge on any atom is -0.376 e. The third kappa shape index (κ3) is 3.37. The summed E-state index contributed by atoms with van der Waals surface area (Å²) < 4.78 is 7.95. The van der Waals surface area contributed by atoms with E-state index in [1.54, 1.807) is 12.3 Å². The van der Waals surface area contributed by atoms with Gasteiger partial charge in [-0.05, 0) is 31.9 Å².